The number of nitrogens with zero attached hydrogens (tertiary/aromatic N) is 5. The van der Waals surface area contributed by atoms with Gasteiger partial charge in [0.05, 0.1) is 17.6 Å². The largest absolute Gasteiger partial charge is 0.354 e. The number of hydrogen-bond donors (Lipinski definition) is 2. The van der Waals surface area contributed by atoms with Gasteiger partial charge in [-0.15, -0.1) is 0 Å². The van der Waals surface area contributed by atoms with Gasteiger partial charge in [-0.05, 0) is 25.3 Å². The predicted octanol–water partition coefficient (Wildman–Crippen LogP) is 1.61. The van der Waals surface area contributed by atoms with Crippen molar-refractivity contribution in [1.82, 2.24) is 29.7 Å². The Labute approximate surface area is 137 Å². The maximum Gasteiger partial charge on any atom is 0.244 e. The van der Waals surface area contributed by atoms with Crippen molar-refractivity contribution in [3.05, 3.63) is 36.5 Å². The Hall–Kier alpha value is -2.90. The highest BCUT2D eigenvalue weighted by molar-refractivity contribution is 5.82. The van der Waals surface area contributed by atoms with Crippen LogP contribution in [-0.4, -0.2) is 36.8 Å². The van der Waals surface area contributed by atoms with Gasteiger partial charge < -0.3 is 10.6 Å². The minimum atomic E-state index is -0.222. The third-order valence-corrected chi connectivity index (χ3v) is 4.61. The number of carbonyl (C=O) groups is 1. The summed E-state index contributed by atoms with van der Waals surface area (Å²) in [6, 6.07) is 1.88. The molecule has 8 nitrogen and oxygen atoms in total. The van der Waals surface area contributed by atoms with E-state index in [4.69, 9.17) is 0 Å². The molecule has 2 N–H and O–H groups in total. The van der Waals surface area contributed by atoms with Crippen LogP contribution in [0.2, 0.25) is 0 Å². The fraction of sp³-hybridized carbons (Fsp3) is 0.375. The molecule has 24 heavy (non-hydrogen) atoms. The molecule has 1 atom stereocenters. The van der Waals surface area contributed by atoms with Gasteiger partial charge in [-0.25, -0.2) is 9.50 Å². The van der Waals surface area contributed by atoms with Crippen LogP contribution in [-0.2, 0) is 4.79 Å². The van der Waals surface area contributed by atoms with E-state index < -0.39 is 0 Å². The maximum atomic E-state index is 11.8. The first-order chi connectivity index (χ1) is 11.8. The van der Waals surface area contributed by atoms with Crippen LogP contribution in [0.1, 0.15) is 36.9 Å². The molecule has 1 aliphatic carbocycles. The van der Waals surface area contributed by atoms with E-state index in [1.54, 1.807) is 17.1 Å². The maximum absolute atomic E-state index is 11.8. The van der Waals surface area contributed by atoms with Crippen LogP contribution < -0.4 is 10.6 Å². The highest BCUT2D eigenvalue weighted by atomic mass is 16.2. The lowest BCUT2D eigenvalue weighted by Crippen LogP contribution is -2.22. The summed E-state index contributed by atoms with van der Waals surface area (Å²) in [4.78, 5) is 16.2. The van der Waals surface area contributed by atoms with Gasteiger partial charge in [-0.1, -0.05) is 0 Å². The second-order valence-corrected chi connectivity index (χ2v) is 6.38. The van der Waals surface area contributed by atoms with E-state index in [2.05, 4.69) is 31.9 Å². The molecule has 122 valence electrons. The van der Waals surface area contributed by atoms with Crippen LogP contribution in [0, 0.1) is 0 Å². The van der Waals surface area contributed by atoms with E-state index in [1.807, 2.05) is 16.9 Å². The first-order valence-electron chi connectivity index (χ1n) is 8.21. The van der Waals surface area contributed by atoms with Crippen molar-refractivity contribution in [2.45, 2.75) is 31.2 Å². The summed E-state index contributed by atoms with van der Waals surface area (Å²) >= 11 is 0. The number of amides is 1. The van der Waals surface area contributed by atoms with Crippen LogP contribution in [0.4, 0.5) is 11.5 Å². The number of fused-ring (bicyclic) bond motifs is 1. The van der Waals surface area contributed by atoms with Crippen LogP contribution in [0.5, 0.6) is 0 Å². The minimum Gasteiger partial charge on any atom is -0.354 e. The van der Waals surface area contributed by atoms with E-state index in [0.29, 0.717) is 12.5 Å². The summed E-state index contributed by atoms with van der Waals surface area (Å²) in [5.74, 6) is 1.36. The number of carbonyl (C=O) groups excluding carboxylic acids is 1. The molecular weight excluding hydrogens is 306 g/mol. The monoisotopic (exact) mass is 323 g/mol. The average Bonchev–Trinajstić information content (AvgIpc) is 2.97. The fourth-order valence-electron chi connectivity index (χ4n) is 3.16. The Bertz CT molecular complexity index is 924. The first kappa shape index (κ1) is 13.5. The lowest BCUT2D eigenvalue weighted by molar-refractivity contribution is -0.122. The SMILES string of the molecule is O=C1NCCC1n1cc(Nc2nccn3nc(C4CC4)cc23)cn1. The van der Waals surface area contributed by atoms with E-state index in [-0.39, 0.29) is 11.9 Å². The molecule has 1 amide bonds. The smallest absolute Gasteiger partial charge is 0.244 e. The summed E-state index contributed by atoms with van der Waals surface area (Å²) in [5.41, 5.74) is 2.89. The van der Waals surface area contributed by atoms with E-state index in [9.17, 15) is 4.79 Å². The second-order valence-electron chi connectivity index (χ2n) is 6.38. The van der Waals surface area contributed by atoms with E-state index >= 15 is 0 Å². The Balaban J connectivity index is 1.44. The van der Waals surface area contributed by atoms with Crippen LogP contribution in [0.3, 0.4) is 0 Å². The number of anilines is 2. The van der Waals surface area contributed by atoms with Crippen LogP contribution in [0.25, 0.3) is 5.52 Å². The molecule has 0 spiro atoms. The van der Waals surface area contributed by atoms with E-state index in [1.165, 1.54) is 12.8 Å². The molecule has 0 aromatic carbocycles. The minimum absolute atomic E-state index is 0.0229. The van der Waals surface area contributed by atoms with Gasteiger partial charge in [-0.2, -0.15) is 10.2 Å². The van der Waals surface area contributed by atoms with Crippen LogP contribution in [0.15, 0.2) is 30.9 Å². The van der Waals surface area contributed by atoms with Crippen molar-refractivity contribution in [2.75, 3.05) is 11.9 Å². The van der Waals surface area contributed by atoms with Crippen molar-refractivity contribution < 1.29 is 4.79 Å². The zero-order chi connectivity index (χ0) is 16.1. The number of hydrogen-bond acceptors (Lipinski definition) is 5. The third-order valence-electron chi connectivity index (χ3n) is 4.61. The van der Waals surface area contributed by atoms with Gasteiger partial charge in [0, 0.05) is 31.1 Å². The Kier molecular flexibility index (Phi) is 2.85. The molecule has 2 fully saturated rings. The number of rotatable bonds is 4. The van der Waals surface area contributed by atoms with Crippen molar-refractivity contribution in [2.24, 2.45) is 0 Å². The third kappa shape index (κ3) is 2.22. The number of aromatic nitrogens is 5. The highest BCUT2D eigenvalue weighted by Gasteiger charge is 2.27. The molecule has 1 unspecified atom stereocenters. The molecule has 3 aromatic heterocycles. The summed E-state index contributed by atoms with van der Waals surface area (Å²) in [6.07, 6.45) is 10.4. The lowest BCUT2D eigenvalue weighted by atomic mass is 10.2. The van der Waals surface area contributed by atoms with Crippen molar-refractivity contribution >= 4 is 22.9 Å². The molecule has 4 heterocycles. The fourth-order valence-corrected chi connectivity index (χ4v) is 3.16. The van der Waals surface area contributed by atoms with Gasteiger partial charge in [0.2, 0.25) is 5.91 Å². The first-order valence-corrected chi connectivity index (χ1v) is 8.21. The van der Waals surface area contributed by atoms with Gasteiger partial charge in [0.15, 0.2) is 5.82 Å². The van der Waals surface area contributed by atoms with Crippen molar-refractivity contribution in [1.29, 1.82) is 0 Å². The lowest BCUT2D eigenvalue weighted by Gasteiger charge is -2.06. The summed E-state index contributed by atoms with van der Waals surface area (Å²) in [7, 11) is 0. The average molecular weight is 323 g/mol. The molecule has 0 bridgehead atoms. The molecule has 1 saturated carbocycles. The molecule has 2 aliphatic rings. The normalized spacial score (nSPS) is 20.5. The predicted molar refractivity (Wildman–Crippen MR) is 87.1 cm³/mol. The summed E-state index contributed by atoms with van der Waals surface area (Å²) < 4.78 is 3.56. The van der Waals surface area contributed by atoms with Gasteiger partial charge in [0.25, 0.3) is 0 Å². The topological polar surface area (TPSA) is 89.1 Å². The van der Waals surface area contributed by atoms with Gasteiger partial charge in [0.1, 0.15) is 11.6 Å². The van der Waals surface area contributed by atoms with Gasteiger partial charge >= 0.3 is 0 Å². The molecule has 0 radical (unpaired) electrons. The molecule has 5 rings (SSSR count). The molecule has 1 saturated heterocycles. The quantitative estimate of drug-likeness (QED) is 0.761. The standard InChI is InChI=1S/C16H17N7O/c24-16-13(3-4-18-16)23-9-11(8-19-23)20-15-14-7-12(10-1-2-10)21-22(14)6-5-17-15/h5-10,13H,1-4H2,(H,17,20)(H,18,24). The van der Waals surface area contributed by atoms with E-state index in [0.717, 1.165) is 29.1 Å². The number of nitrogens with one attached hydrogen (secondary N) is 2. The molecular formula is C16H17N7O. The zero-order valence-corrected chi connectivity index (χ0v) is 13.0. The van der Waals surface area contributed by atoms with Gasteiger partial charge in [-0.3, -0.25) is 9.48 Å². The van der Waals surface area contributed by atoms with Crippen molar-refractivity contribution in [3.8, 4) is 0 Å². The highest BCUT2D eigenvalue weighted by Crippen LogP contribution is 2.40. The Morgan fingerprint density at radius 3 is 3.00 bits per heavy atom. The molecule has 1 aliphatic heterocycles. The molecule has 3 aromatic rings. The summed E-state index contributed by atoms with van der Waals surface area (Å²) in [5, 5.41) is 15.0. The Morgan fingerprint density at radius 1 is 1.29 bits per heavy atom. The Morgan fingerprint density at radius 2 is 2.21 bits per heavy atom. The van der Waals surface area contributed by atoms with Crippen LogP contribution >= 0.6 is 0 Å². The second kappa shape index (κ2) is 5.05. The molecule has 8 heteroatoms. The summed E-state index contributed by atoms with van der Waals surface area (Å²) in [6.45, 7) is 0.701. The zero-order valence-electron chi connectivity index (χ0n) is 13.0. The van der Waals surface area contributed by atoms with Crippen molar-refractivity contribution in [3.63, 3.8) is 0 Å².